The van der Waals surface area contributed by atoms with Crippen LogP contribution < -0.4 is 5.43 Å². The van der Waals surface area contributed by atoms with Gasteiger partial charge in [0.25, 0.3) is 0 Å². The summed E-state index contributed by atoms with van der Waals surface area (Å²) in [4.78, 5) is 0. The van der Waals surface area contributed by atoms with E-state index in [9.17, 15) is 0 Å². The van der Waals surface area contributed by atoms with Crippen molar-refractivity contribution in [3.63, 3.8) is 0 Å². The first-order valence-corrected chi connectivity index (χ1v) is 4.25. The summed E-state index contributed by atoms with van der Waals surface area (Å²) in [5.41, 5.74) is 5.62. The second-order valence-electron chi connectivity index (χ2n) is 2.94. The Labute approximate surface area is 73.0 Å². The molecule has 2 N–H and O–H groups in total. The molecule has 3 nitrogen and oxygen atoms in total. The van der Waals surface area contributed by atoms with Gasteiger partial charge in [-0.05, 0) is 32.4 Å². The predicted octanol–water partition coefficient (Wildman–Crippen LogP) is 1.03. The summed E-state index contributed by atoms with van der Waals surface area (Å²) >= 11 is 0. The summed E-state index contributed by atoms with van der Waals surface area (Å²) in [5, 5.41) is 8.58. The quantitative estimate of drug-likeness (QED) is 0.659. The van der Waals surface area contributed by atoms with E-state index in [1.54, 1.807) is 0 Å². The standard InChI is InChI=1S/C9H16N2O/c1-8-4-5-9(2)11(8)10-6-3-7-12/h4-5,10,12H,3,6-7H2,1-2H3. The Kier molecular flexibility index (Phi) is 3.17. The summed E-state index contributed by atoms with van der Waals surface area (Å²) in [5.74, 6) is 0. The fourth-order valence-electron chi connectivity index (χ4n) is 1.19. The lowest BCUT2D eigenvalue weighted by atomic mass is 10.5. The second-order valence-corrected chi connectivity index (χ2v) is 2.94. The molecule has 1 heterocycles. The van der Waals surface area contributed by atoms with Crippen molar-refractivity contribution in [1.82, 2.24) is 4.68 Å². The molecule has 0 aromatic carbocycles. The van der Waals surface area contributed by atoms with Crippen molar-refractivity contribution in [2.24, 2.45) is 0 Å². The van der Waals surface area contributed by atoms with Gasteiger partial charge >= 0.3 is 0 Å². The minimum atomic E-state index is 0.242. The van der Waals surface area contributed by atoms with Crippen LogP contribution in [0, 0.1) is 13.8 Å². The average molecular weight is 168 g/mol. The van der Waals surface area contributed by atoms with E-state index in [0.717, 1.165) is 13.0 Å². The monoisotopic (exact) mass is 168 g/mol. The molecule has 1 rings (SSSR count). The molecule has 0 amide bonds. The summed E-state index contributed by atoms with van der Waals surface area (Å²) in [6.45, 7) is 5.16. The third-order valence-electron chi connectivity index (χ3n) is 1.88. The molecular formula is C9H16N2O. The maximum Gasteiger partial charge on any atom is 0.0448 e. The van der Waals surface area contributed by atoms with Gasteiger partial charge in [-0.3, -0.25) is 4.68 Å². The van der Waals surface area contributed by atoms with Gasteiger partial charge in [0.1, 0.15) is 0 Å². The Morgan fingerprint density at radius 2 is 1.92 bits per heavy atom. The van der Waals surface area contributed by atoms with Gasteiger partial charge in [0, 0.05) is 24.5 Å². The van der Waals surface area contributed by atoms with E-state index in [1.165, 1.54) is 11.4 Å². The minimum absolute atomic E-state index is 0.242. The van der Waals surface area contributed by atoms with Crippen molar-refractivity contribution in [3.05, 3.63) is 23.5 Å². The summed E-state index contributed by atoms with van der Waals surface area (Å²) in [6.07, 6.45) is 0.789. The van der Waals surface area contributed by atoms with Gasteiger partial charge in [0.2, 0.25) is 0 Å². The molecule has 12 heavy (non-hydrogen) atoms. The van der Waals surface area contributed by atoms with Crippen LogP contribution in [-0.2, 0) is 0 Å². The summed E-state index contributed by atoms with van der Waals surface area (Å²) in [7, 11) is 0. The molecule has 3 heteroatoms. The lowest BCUT2D eigenvalue weighted by Gasteiger charge is -2.11. The molecule has 0 spiro atoms. The molecule has 1 aromatic heterocycles. The second kappa shape index (κ2) is 4.16. The Balaban J connectivity index is 2.50. The highest BCUT2D eigenvalue weighted by Gasteiger charge is 1.97. The van der Waals surface area contributed by atoms with E-state index in [2.05, 4.69) is 31.4 Å². The SMILES string of the molecule is Cc1ccc(C)n1NCCCO. The molecule has 0 bridgehead atoms. The van der Waals surface area contributed by atoms with Gasteiger partial charge in [-0.15, -0.1) is 0 Å². The van der Waals surface area contributed by atoms with Crippen molar-refractivity contribution in [2.45, 2.75) is 20.3 Å². The van der Waals surface area contributed by atoms with Crippen LogP contribution in [0.2, 0.25) is 0 Å². The zero-order chi connectivity index (χ0) is 8.97. The maximum absolute atomic E-state index is 8.58. The molecular weight excluding hydrogens is 152 g/mol. The third kappa shape index (κ3) is 2.01. The molecule has 0 aliphatic heterocycles. The first-order chi connectivity index (χ1) is 5.75. The number of aliphatic hydroxyl groups excluding tert-OH is 1. The van der Waals surface area contributed by atoms with Crippen LogP contribution in [0.1, 0.15) is 17.8 Å². The molecule has 1 aromatic rings. The molecule has 0 saturated heterocycles. The molecule has 0 saturated carbocycles. The smallest absolute Gasteiger partial charge is 0.0448 e. The van der Waals surface area contributed by atoms with Crippen molar-refractivity contribution in [2.75, 3.05) is 18.6 Å². The lowest BCUT2D eigenvalue weighted by Crippen LogP contribution is -2.19. The number of nitrogens with zero attached hydrogens (tertiary/aromatic N) is 1. The number of aliphatic hydroxyl groups is 1. The van der Waals surface area contributed by atoms with Crippen molar-refractivity contribution in [3.8, 4) is 0 Å². The van der Waals surface area contributed by atoms with Crippen LogP contribution in [0.5, 0.6) is 0 Å². The predicted molar refractivity (Wildman–Crippen MR) is 49.8 cm³/mol. The molecule has 68 valence electrons. The number of nitrogens with one attached hydrogen (secondary N) is 1. The van der Waals surface area contributed by atoms with E-state index < -0.39 is 0 Å². The molecule has 0 atom stereocenters. The van der Waals surface area contributed by atoms with Crippen LogP contribution in [0.4, 0.5) is 0 Å². The fourth-order valence-corrected chi connectivity index (χ4v) is 1.19. The van der Waals surface area contributed by atoms with Gasteiger partial charge in [-0.2, -0.15) is 0 Å². The van der Waals surface area contributed by atoms with Crippen LogP contribution in [0.3, 0.4) is 0 Å². The zero-order valence-corrected chi connectivity index (χ0v) is 7.67. The van der Waals surface area contributed by atoms with Crippen LogP contribution in [-0.4, -0.2) is 22.9 Å². The average Bonchev–Trinajstić information content (AvgIpc) is 2.35. The van der Waals surface area contributed by atoms with E-state index in [0.29, 0.717) is 0 Å². The Morgan fingerprint density at radius 1 is 1.33 bits per heavy atom. The minimum Gasteiger partial charge on any atom is -0.396 e. The number of aromatic nitrogens is 1. The van der Waals surface area contributed by atoms with E-state index >= 15 is 0 Å². The normalized spacial score (nSPS) is 10.2. The largest absolute Gasteiger partial charge is 0.396 e. The molecule has 0 fully saturated rings. The van der Waals surface area contributed by atoms with E-state index in [4.69, 9.17) is 5.11 Å². The van der Waals surface area contributed by atoms with Crippen molar-refractivity contribution in [1.29, 1.82) is 0 Å². The molecule has 0 aliphatic rings. The molecule has 0 aliphatic carbocycles. The van der Waals surface area contributed by atoms with Gasteiger partial charge in [-0.1, -0.05) is 0 Å². The zero-order valence-electron chi connectivity index (χ0n) is 7.67. The highest BCUT2D eigenvalue weighted by molar-refractivity contribution is 5.15. The van der Waals surface area contributed by atoms with Gasteiger partial charge in [0.05, 0.1) is 0 Å². The topological polar surface area (TPSA) is 37.2 Å². The van der Waals surface area contributed by atoms with Gasteiger partial charge < -0.3 is 10.5 Å². The van der Waals surface area contributed by atoms with Gasteiger partial charge in [-0.25, -0.2) is 0 Å². The lowest BCUT2D eigenvalue weighted by molar-refractivity contribution is 0.291. The highest BCUT2D eigenvalue weighted by Crippen LogP contribution is 2.03. The Bertz CT molecular complexity index is 223. The van der Waals surface area contributed by atoms with Gasteiger partial charge in [0.15, 0.2) is 0 Å². The van der Waals surface area contributed by atoms with Crippen molar-refractivity contribution < 1.29 is 5.11 Å². The molecule has 0 radical (unpaired) electrons. The van der Waals surface area contributed by atoms with E-state index in [-0.39, 0.29) is 6.61 Å². The number of aryl methyl sites for hydroxylation is 2. The Morgan fingerprint density at radius 3 is 2.42 bits per heavy atom. The number of rotatable bonds is 4. The number of hydrogen-bond acceptors (Lipinski definition) is 2. The fraction of sp³-hybridized carbons (Fsp3) is 0.556. The third-order valence-corrected chi connectivity index (χ3v) is 1.88. The first-order valence-electron chi connectivity index (χ1n) is 4.25. The first kappa shape index (κ1) is 9.13. The van der Waals surface area contributed by atoms with Crippen LogP contribution in [0.15, 0.2) is 12.1 Å². The molecule has 0 unspecified atom stereocenters. The van der Waals surface area contributed by atoms with Crippen LogP contribution >= 0.6 is 0 Å². The van der Waals surface area contributed by atoms with Crippen LogP contribution in [0.25, 0.3) is 0 Å². The Hall–Kier alpha value is -0.960. The number of hydrogen-bond donors (Lipinski definition) is 2. The van der Waals surface area contributed by atoms with E-state index in [1.807, 2.05) is 4.68 Å². The maximum atomic E-state index is 8.58. The highest BCUT2D eigenvalue weighted by atomic mass is 16.3. The summed E-state index contributed by atoms with van der Waals surface area (Å²) < 4.78 is 2.04. The summed E-state index contributed by atoms with van der Waals surface area (Å²) in [6, 6.07) is 4.14. The van der Waals surface area contributed by atoms with Crippen molar-refractivity contribution >= 4 is 0 Å².